The van der Waals surface area contributed by atoms with E-state index in [4.69, 9.17) is 0 Å². The molecule has 2 heterocycles. The molecule has 0 aliphatic rings. The van der Waals surface area contributed by atoms with Crippen molar-refractivity contribution in [1.82, 2.24) is 4.98 Å². The molecule has 0 bridgehead atoms. The van der Waals surface area contributed by atoms with Crippen LogP contribution in [-0.4, -0.2) is 23.0 Å². The summed E-state index contributed by atoms with van der Waals surface area (Å²) < 4.78 is 6.74. The number of ether oxygens (including phenoxy) is 1. The topological polar surface area (TPSA) is 82.3 Å². The van der Waals surface area contributed by atoms with Crippen molar-refractivity contribution in [1.29, 1.82) is 0 Å². The summed E-state index contributed by atoms with van der Waals surface area (Å²) in [6.07, 6.45) is 0. The summed E-state index contributed by atoms with van der Waals surface area (Å²) >= 11 is 3.69. The number of para-hydroxylation sites is 1. The third kappa shape index (κ3) is 2.82. The number of thiazole rings is 1. The van der Waals surface area contributed by atoms with Crippen molar-refractivity contribution in [2.75, 3.05) is 7.11 Å². The fourth-order valence-electron chi connectivity index (χ4n) is 1.74. The van der Waals surface area contributed by atoms with Gasteiger partial charge in [-0.2, -0.15) is 0 Å². The van der Waals surface area contributed by atoms with Crippen LogP contribution in [0, 0.1) is 10.1 Å². The SMILES string of the molecule is COC(=O)c1cc([N+](=O)[O-])c(Sc2nc3ccccc3s2)s1. The van der Waals surface area contributed by atoms with Gasteiger partial charge >= 0.3 is 5.97 Å². The smallest absolute Gasteiger partial charge is 0.348 e. The van der Waals surface area contributed by atoms with Crippen molar-refractivity contribution in [3.63, 3.8) is 0 Å². The number of benzene rings is 1. The Morgan fingerprint density at radius 1 is 1.36 bits per heavy atom. The van der Waals surface area contributed by atoms with Gasteiger partial charge in [0.15, 0.2) is 4.34 Å². The predicted molar refractivity (Wildman–Crippen MR) is 86.1 cm³/mol. The number of nitro groups is 1. The van der Waals surface area contributed by atoms with Gasteiger partial charge in [0.1, 0.15) is 9.09 Å². The van der Waals surface area contributed by atoms with E-state index < -0.39 is 10.9 Å². The van der Waals surface area contributed by atoms with Gasteiger partial charge in [0.2, 0.25) is 0 Å². The summed E-state index contributed by atoms with van der Waals surface area (Å²) in [5.41, 5.74) is 0.747. The lowest BCUT2D eigenvalue weighted by molar-refractivity contribution is -0.387. The first kappa shape index (κ1) is 14.9. The lowest BCUT2D eigenvalue weighted by Crippen LogP contribution is -1.97. The Morgan fingerprint density at radius 2 is 2.14 bits per heavy atom. The second-order valence-corrected chi connectivity index (χ2v) is 7.68. The molecule has 0 atom stereocenters. The minimum Gasteiger partial charge on any atom is -0.465 e. The Kier molecular flexibility index (Phi) is 4.10. The predicted octanol–water partition coefficient (Wildman–Crippen LogP) is 4.20. The van der Waals surface area contributed by atoms with Crippen molar-refractivity contribution in [3.05, 3.63) is 45.3 Å². The monoisotopic (exact) mass is 352 g/mol. The molecule has 112 valence electrons. The van der Waals surface area contributed by atoms with E-state index in [1.807, 2.05) is 24.3 Å². The van der Waals surface area contributed by atoms with Crippen LogP contribution in [0.1, 0.15) is 9.67 Å². The molecule has 2 aromatic heterocycles. The lowest BCUT2D eigenvalue weighted by atomic mass is 10.3. The zero-order valence-corrected chi connectivity index (χ0v) is 13.6. The third-order valence-electron chi connectivity index (χ3n) is 2.72. The molecule has 6 nitrogen and oxygen atoms in total. The molecule has 0 amide bonds. The van der Waals surface area contributed by atoms with Crippen molar-refractivity contribution in [3.8, 4) is 0 Å². The average molecular weight is 352 g/mol. The Morgan fingerprint density at radius 3 is 2.82 bits per heavy atom. The molecule has 3 aromatic rings. The first-order chi connectivity index (χ1) is 10.6. The van der Waals surface area contributed by atoms with Gasteiger partial charge in [-0.1, -0.05) is 12.1 Å². The van der Waals surface area contributed by atoms with Gasteiger partial charge in [0.25, 0.3) is 5.69 Å². The van der Waals surface area contributed by atoms with Crippen LogP contribution in [0.15, 0.2) is 38.9 Å². The van der Waals surface area contributed by atoms with Crippen LogP contribution in [0.3, 0.4) is 0 Å². The Balaban J connectivity index is 1.98. The number of fused-ring (bicyclic) bond motifs is 1. The summed E-state index contributed by atoms with van der Waals surface area (Å²) in [6, 6.07) is 8.88. The summed E-state index contributed by atoms with van der Waals surface area (Å²) in [5, 5.41) is 11.1. The Hall–Kier alpha value is -1.97. The van der Waals surface area contributed by atoms with Crippen molar-refractivity contribution in [2.24, 2.45) is 0 Å². The minimum atomic E-state index is -0.579. The molecule has 0 aliphatic carbocycles. The molecule has 0 N–H and O–H groups in total. The number of hydrogen-bond acceptors (Lipinski definition) is 8. The van der Waals surface area contributed by atoms with Crippen LogP contribution in [0.5, 0.6) is 0 Å². The highest BCUT2D eigenvalue weighted by molar-refractivity contribution is 8.03. The molecule has 0 aliphatic heterocycles. The highest BCUT2D eigenvalue weighted by Gasteiger charge is 2.24. The summed E-state index contributed by atoms with van der Waals surface area (Å²) in [4.78, 5) is 26.8. The number of nitrogens with zero attached hydrogens (tertiary/aromatic N) is 2. The number of hydrogen-bond donors (Lipinski definition) is 0. The zero-order chi connectivity index (χ0) is 15.7. The van der Waals surface area contributed by atoms with Gasteiger partial charge in [-0.15, -0.1) is 22.7 Å². The zero-order valence-electron chi connectivity index (χ0n) is 11.1. The molecule has 0 fully saturated rings. The van der Waals surface area contributed by atoms with Crippen LogP contribution in [-0.2, 0) is 4.74 Å². The number of methoxy groups -OCH3 is 1. The standard InChI is InChI=1S/C13H8N2O4S3/c1-19-11(16)10-6-8(15(17)18)12(20-10)22-13-14-7-4-2-3-5-9(7)21-13/h2-6H,1H3. The van der Waals surface area contributed by atoms with E-state index in [-0.39, 0.29) is 10.6 Å². The second kappa shape index (κ2) is 6.03. The maximum atomic E-state index is 11.5. The van der Waals surface area contributed by atoms with E-state index in [9.17, 15) is 14.9 Å². The number of aromatic nitrogens is 1. The van der Waals surface area contributed by atoms with Gasteiger partial charge in [0, 0.05) is 6.07 Å². The largest absolute Gasteiger partial charge is 0.465 e. The maximum Gasteiger partial charge on any atom is 0.348 e. The Bertz CT molecular complexity index is 838. The Labute approximate surface area is 136 Å². The molecule has 3 rings (SSSR count). The lowest BCUT2D eigenvalue weighted by Gasteiger charge is -1.92. The molecule has 0 spiro atoms. The van der Waals surface area contributed by atoms with E-state index in [1.54, 1.807) is 0 Å². The van der Waals surface area contributed by atoms with Crippen LogP contribution < -0.4 is 0 Å². The maximum absolute atomic E-state index is 11.5. The highest BCUT2D eigenvalue weighted by Crippen LogP contribution is 2.43. The van der Waals surface area contributed by atoms with Gasteiger partial charge in [-0.25, -0.2) is 9.78 Å². The summed E-state index contributed by atoms with van der Waals surface area (Å²) in [5.74, 6) is -0.579. The molecule has 1 aromatic carbocycles. The molecule has 0 radical (unpaired) electrons. The van der Waals surface area contributed by atoms with Crippen molar-refractivity contribution < 1.29 is 14.5 Å². The molecule has 0 saturated heterocycles. The quantitative estimate of drug-likeness (QED) is 0.397. The van der Waals surface area contributed by atoms with E-state index in [0.29, 0.717) is 8.55 Å². The number of carbonyl (C=O) groups excluding carboxylic acids is 1. The number of rotatable bonds is 4. The summed E-state index contributed by atoms with van der Waals surface area (Å²) in [6.45, 7) is 0. The first-order valence-electron chi connectivity index (χ1n) is 5.98. The van der Waals surface area contributed by atoms with E-state index in [1.165, 1.54) is 36.3 Å². The van der Waals surface area contributed by atoms with Crippen molar-refractivity contribution in [2.45, 2.75) is 8.55 Å². The molecule has 22 heavy (non-hydrogen) atoms. The fourth-order valence-corrected chi connectivity index (χ4v) is 5.27. The fraction of sp³-hybridized carbons (Fsp3) is 0.0769. The summed E-state index contributed by atoms with van der Waals surface area (Å²) in [7, 11) is 1.24. The molecule has 0 unspecified atom stereocenters. The minimum absolute atomic E-state index is 0.102. The molecule has 0 saturated carbocycles. The van der Waals surface area contributed by atoms with Crippen molar-refractivity contribution >= 4 is 56.3 Å². The average Bonchev–Trinajstić information content (AvgIpc) is 3.10. The highest BCUT2D eigenvalue weighted by atomic mass is 32.2. The van der Waals surface area contributed by atoms with E-state index >= 15 is 0 Å². The number of carbonyl (C=O) groups is 1. The van der Waals surface area contributed by atoms with Gasteiger partial charge in [-0.05, 0) is 23.9 Å². The molecule has 9 heteroatoms. The normalized spacial score (nSPS) is 10.8. The third-order valence-corrected chi connectivity index (χ3v) is 6.11. The van der Waals surface area contributed by atoms with Crippen LogP contribution in [0.4, 0.5) is 5.69 Å². The first-order valence-corrected chi connectivity index (χ1v) is 8.43. The van der Waals surface area contributed by atoms with Gasteiger partial charge in [0.05, 0.1) is 22.2 Å². The van der Waals surface area contributed by atoms with Gasteiger partial charge in [-0.3, -0.25) is 10.1 Å². The number of esters is 1. The molecular weight excluding hydrogens is 344 g/mol. The molecular formula is C13H8N2O4S3. The van der Waals surface area contributed by atoms with Crippen LogP contribution in [0.2, 0.25) is 0 Å². The van der Waals surface area contributed by atoms with Crippen LogP contribution >= 0.6 is 34.4 Å². The number of thiophene rings is 1. The van der Waals surface area contributed by atoms with E-state index in [0.717, 1.165) is 21.6 Å². The van der Waals surface area contributed by atoms with E-state index in [2.05, 4.69) is 9.72 Å². The van der Waals surface area contributed by atoms with Crippen LogP contribution in [0.25, 0.3) is 10.2 Å². The second-order valence-electron chi connectivity index (χ2n) is 4.08. The van der Waals surface area contributed by atoms with Gasteiger partial charge < -0.3 is 4.74 Å².